The highest BCUT2D eigenvalue weighted by Gasteiger charge is 2.41. The fraction of sp³-hybridized carbons (Fsp3) is 0.214. The Morgan fingerprint density at radius 1 is 1.05 bits per heavy atom. The molecule has 2 aromatic heterocycles. The zero-order valence-corrected chi connectivity index (χ0v) is 21.6. The molecule has 0 bridgehead atoms. The summed E-state index contributed by atoms with van der Waals surface area (Å²) < 4.78 is 84.4. The lowest BCUT2D eigenvalue weighted by Crippen LogP contribution is -2.35. The monoisotopic (exact) mass is 588 g/mol. The number of hydrogen-bond acceptors (Lipinski definition) is 5. The molecule has 8 nitrogen and oxygen atoms in total. The Bertz CT molecular complexity index is 1670. The third-order valence-electron chi connectivity index (χ3n) is 6.70. The van der Waals surface area contributed by atoms with E-state index in [1.165, 1.54) is 24.4 Å². The first-order valence-corrected chi connectivity index (χ1v) is 12.6. The summed E-state index contributed by atoms with van der Waals surface area (Å²) in [6.07, 6.45) is -3.63. The number of nitrogens with one attached hydrogen (secondary N) is 2. The number of pyridine rings is 1. The van der Waals surface area contributed by atoms with Crippen LogP contribution in [-0.2, 0) is 37.0 Å². The first-order valence-electron chi connectivity index (χ1n) is 12.6. The summed E-state index contributed by atoms with van der Waals surface area (Å²) in [5, 5.41) is 9.37. The zero-order valence-electron chi connectivity index (χ0n) is 21.6. The van der Waals surface area contributed by atoms with Crippen LogP contribution in [0.25, 0.3) is 11.1 Å². The summed E-state index contributed by atoms with van der Waals surface area (Å²) >= 11 is 0. The van der Waals surface area contributed by atoms with Crippen molar-refractivity contribution in [1.82, 2.24) is 25.4 Å². The number of halogens is 6. The third-order valence-corrected chi connectivity index (χ3v) is 6.70. The predicted molar refractivity (Wildman–Crippen MR) is 137 cm³/mol. The van der Waals surface area contributed by atoms with Crippen LogP contribution in [0.15, 0.2) is 54.7 Å². The molecule has 0 fully saturated rings. The zero-order chi connectivity index (χ0) is 30.2. The molecule has 1 atom stereocenters. The highest BCUT2D eigenvalue weighted by atomic mass is 19.4. The largest absolute Gasteiger partial charge is 0.433 e. The van der Waals surface area contributed by atoms with Crippen LogP contribution in [0.4, 0.5) is 26.3 Å². The van der Waals surface area contributed by atoms with Gasteiger partial charge < -0.3 is 16.4 Å². The number of nitrogens with two attached hydrogens (primary N) is 1. The van der Waals surface area contributed by atoms with Crippen molar-refractivity contribution in [1.29, 1.82) is 0 Å². The number of carbonyl (C=O) groups excluding carboxylic acids is 2. The SMILES string of the molecule is NC(=O)c1cc(-c2cccnc2C(Cc2cc(F)cc(F)c2)NC(=O)Cn2nc3c(c2C(F)(F)F)CNC3)ccc1F. The molecule has 1 aliphatic heterocycles. The molecule has 0 spiro atoms. The lowest BCUT2D eigenvalue weighted by atomic mass is 9.94. The summed E-state index contributed by atoms with van der Waals surface area (Å²) in [5.41, 5.74) is 4.81. The molecule has 0 aliphatic carbocycles. The number of nitrogens with zero attached hydrogens (tertiary/aromatic N) is 3. The molecular formula is C28H22F6N6O2. The van der Waals surface area contributed by atoms with Gasteiger partial charge in [-0.3, -0.25) is 19.3 Å². The minimum Gasteiger partial charge on any atom is -0.366 e. The standard InChI is InChI=1S/C28H22F6N6O2/c29-16-6-14(7-17(30)10-16)8-22(25-18(2-1-5-37-25)15-3-4-21(31)19(9-15)27(35)42)38-24(41)13-40-26(28(32,33)34)20-11-36-12-23(20)39-40/h1-7,9-10,22,36H,8,11-13H2,(H2,35,42)(H,38,41). The van der Waals surface area contributed by atoms with Gasteiger partial charge in [-0.2, -0.15) is 18.3 Å². The van der Waals surface area contributed by atoms with E-state index in [0.29, 0.717) is 16.3 Å². The molecule has 2 amide bonds. The second-order valence-electron chi connectivity index (χ2n) is 9.63. The Morgan fingerprint density at radius 3 is 2.48 bits per heavy atom. The van der Waals surface area contributed by atoms with Crippen LogP contribution in [0.5, 0.6) is 0 Å². The van der Waals surface area contributed by atoms with Gasteiger partial charge in [0.05, 0.1) is 23.0 Å². The lowest BCUT2D eigenvalue weighted by Gasteiger charge is -2.22. The Balaban J connectivity index is 1.53. The Kier molecular flexibility index (Phi) is 7.73. The molecule has 1 unspecified atom stereocenters. The van der Waals surface area contributed by atoms with Gasteiger partial charge in [0.1, 0.15) is 29.7 Å². The molecule has 4 aromatic rings. The molecule has 14 heteroatoms. The number of aromatic nitrogens is 3. The highest BCUT2D eigenvalue weighted by Crippen LogP contribution is 2.35. The van der Waals surface area contributed by atoms with E-state index in [4.69, 9.17) is 5.73 Å². The maximum absolute atomic E-state index is 14.2. The van der Waals surface area contributed by atoms with Crippen LogP contribution < -0.4 is 16.4 Å². The summed E-state index contributed by atoms with van der Waals surface area (Å²) in [6, 6.07) is 8.26. The van der Waals surface area contributed by atoms with Crippen molar-refractivity contribution >= 4 is 11.8 Å². The highest BCUT2D eigenvalue weighted by molar-refractivity contribution is 5.94. The van der Waals surface area contributed by atoms with E-state index in [1.54, 1.807) is 6.07 Å². The summed E-state index contributed by atoms with van der Waals surface area (Å²) in [4.78, 5) is 29.3. The molecule has 2 aromatic carbocycles. The lowest BCUT2D eigenvalue weighted by molar-refractivity contribution is -0.145. The fourth-order valence-electron chi connectivity index (χ4n) is 4.99. The summed E-state index contributed by atoms with van der Waals surface area (Å²) in [6.45, 7) is -0.745. The second kappa shape index (κ2) is 11.3. The first-order chi connectivity index (χ1) is 19.9. The predicted octanol–water partition coefficient (Wildman–Crippen LogP) is 4.18. The molecule has 1 aliphatic rings. The second-order valence-corrected chi connectivity index (χ2v) is 9.63. The molecule has 0 radical (unpaired) electrons. The molecule has 0 saturated carbocycles. The molecule has 218 valence electrons. The minimum absolute atomic E-state index is 0.0457. The Morgan fingerprint density at radius 2 is 1.79 bits per heavy atom. The average Bonchev–Trinajstić information content (AvgIpc) is 3.48. The van der Waals surface area contributed by atoms with E-state index in [1.807, 2.05) is 0 Å². The Labute approximate surface area is 234 Å². The molecule has 0 saturated heterocycles. The molecule has 4 N–H and O–H groups in total. The fourth-order valence-corrected chi connectivity index (χ4v) is 4.99. The van der Waals surface area contributed by atoms with E-state index in [9.17, 15) is 35.9 Å². The number of carbonyl (C=O) groups is 2. The molecule has 42 heavy (non-hydrogen) atoms. The normalized spacial score (nSPS) is 13.6. The topological polar surface area (TPSA) is 115 Å². The van der Waals surface area contributed by atoms with E-state index in [-0.39, 0.29) is 47.6 Å². The Hall–Kier alpha value is -4.72. The minimum atomic E-state index is -4.78. The van der Waals surface area contributed by atoms with Gasteiger partial charge in [0.2, 0.25) is 5.91 Å². The summed E-state index contributed by atoms with van der Waals surface area (Å²) in [7, 11) is 0. The van der Waals surface area contributed by atoms with Gasteiger partial charge >= 0.3 is 6.18 Å². The number of primary amides is 1. The number of benzene rings is 2. The van der Waals surface area contributed by atoms with Crippen molar-refractivity contribution in [3.63, 3.8) is 0 Å². The van der Waals surface area contributed by atoms with Crippen molar-refractivity contribution in [3.05, 3.63) is 106 Å². The van der Waals surface area contributed by atoms with Gasteiger partial charge in [-0.15, -0.1) is 0 Å². The quantitative estimate of drug-likeness (QED) is 0.267. The van der Waals surface area contributed by atoms with E-state index in [2.05, 4.69) is 20.7 Å². The van der Waals surface area contributed by atoms with Crippen LogP contribution in [0, 0.1) is 17.5 Å². The van der Waals surface area contributed by atoms with Crippen LogP contribution >= 0.6 is 0 Å². The van der Waals surface area contributed by atoms with Gasteiger partial charge in [-0.1, -0.05) is 12.1 Å². The third kappa shape index (κ3) is 5.98. The van der Waals surface area contributed by atoms with Crippen molar-refractivity contribution < 1.29 is 35.9 Å². The summed E-state index contributed by atoms with van der Waals surface area (Å²) in [5.74, 6) is -4.53. The van der Waals surface area contributed by atoms with Gasteiger partial charge in [-0.05, 0) is 47.9 Å². The van der Waals surface area contributed by atoms with E-state index in [0.717, 1.165) is 18.2 Å². The van der Waals surface area contributed by atoms with Crippen LogP contribution in [0.1, 0.15) is 44.6 Å². The number of rotatable bonds is 8. The molecular weight excluding hydrogens is 566 g/mol. The number of hydrogen-bond donors (Lipinski definition) is 3. The maximum atomic E-state index is 14.2. The van der Waals surface area contributed by atoms with Gasteiger partial charge in [-0.25, -0.2) is 13.2 Å². The number of fused-ring (bicyclic) bond motifs is 1. The molecule has 3 heterocycles. The van der Waals surface area contributed by atoms with Gasteiger partial charge in [0.15, 0.2) is 0 Å². The van der Waals surface area contributed by atoms with Crippen molar-refractivity contribution in [3.8, 4) is 11.1 Å². The number of amides is 2. The first kappa shape index (κ1) is 28.8. The van der Waals surface area contributed by atoms with Gasteiger partial charge in [0, 0.05) is 36.5 Å². The van der Waals surface area contributed by atoms with Crippen molar-refractivity contribution in [2.24, 2.45) is 5.73 Å². The van der Waals surface area contributed by atoms with E-state index < -0.39 is 59.3 Å². The smallest absolute Gasteiger partial charge is 0.366 e. The van der Waals surface area contributed by atoms with Crippen molar-refractivity contribution in [2.75, 3.05) is 0 Å². The maximum Gasteiger partial charge on any atom is 0.433 e. The van der Waals surface area contributed by atoms with E-state index >= 15 is 0 Å². The van der Waals surface area contributed by atoms with Gasteiger partial charge in [0.25, 0.3) is 5.91 Å². The van der Waals surface area contributed by atoms with Crippen LogP contribution in [0.2, 0.25) is 0 Å². The molecule has 5 rings (SSSR count). The average molecular weight is 589 g/mol. The van der Waals surface area contributed by atoms with Crippen LogP contribution in [-0.4, -0.2) is 26.6 Å². The number of alkyl halides is 3. The van der Waals surface area contributed by atoms with Crippen molar-refractivity contribution in [2.45, 2.75) is 38.3 Å². The van der Waals surface area contributed by atoms with Crippen LogP contribution in [0.3, 0.4) is 0 Å².